The molecular formula is C21H19N5O2. The Morgan fingerprint density at radius 3 is 2.61 bits per heavy atom. The number of amides is 1. The van der Waals surface area contributed by atoms with Crippen LogP contribution in [0.4, 0.5) is 0 Å². The molecule has 1 aliphatic heterocycles. The lowest BCUT2D eigenvalue weighted by Crippen LogP contribution is -2.37. The minimum absolute atomic E-state index is 0.0478. The van der Waals surface area contributed by atoms with E-state index >= 15 is 0 Å². The van der Waals surface area contributed by atoms with Crippen LogP contribution in [0.3, 0.4) is 0 Å². The SMILES string of the molecule is O=C(c1ccco1)N1CCC(c2nc3ccc(-c4ccncc4)cn3n2)CC1. The third kappa shape index (κ3) is 3.05. The fourth-order valence-corrected chi connectivity index (χ4v) is 3.69. The molecule has 1 aliphatic rings. The summed E-state index contributed by atoms with van der Waals surface area (Å²) in [5, 5.41) is 4.71. The molecule has 0 spiro atoms. The number of furan rings is 1. The number of aromatic nitrogens is 4. The van der Waals surface area contributed by atoms with Gasteiger partial charge in [0, 0.05) is 43.2 Å². The van der Waals surface area contributed by atoms with E-state index in [1.807, 2.05) is 39.9 Å². The quantitative estimate of drug-likeness (QED) is 0.550. The molecule has 1 saturated heterocycles. The first kappa shape index (κ1) is 16.7. The van der Waals surface area contributed by atoms with Gasteiger partial charge in [0.15, 0.2) is 17.2 Å². The molecule has 0 atom stereocenters. The van der Waals surface area contributed by atoms with Crippen LogP contribution in [0.15, 0.2) is 65.7 Å². The summed E-state index contributed by atoms with van der Waals surface area (Å²) in [6.07, 6.45) is 8.78. The van der Waals surface area contributed by atoms with Crippen LogP contribution < -0.4 is 0 Å². The molecule has 0 unspecified atom stereocenters. The summed E-state index contributed by atoms with van der Waals surface area (Å²) in [6, 6.07) is 11.4. The monoisotopic (exact) mass is 373 g/mol. The molecule has 0 N–H and O–H groups in total. The van der Waals surface area contributed by atoms with Crippen molar-refractivity contribution in [2.75, 3.05) is 13.1 Å². The molecule has 0 bridgehead atoms. The van der Waals surface area contributed by atoms with Gasteiger partial charge in [0.2, 0.25) is 0 Å². The molecule has 5 heterocycles. The molecule has 7 heteroatoms. The second-order valence-electron chi connectivity index (χ2n) is 6.97. The number of carbonyl (C=O) groups excluding carboxylic acids is 1. The van der Waals surface area contributed by atoms with Gasteiger partial charge in [-0.2, -0.15) is 5.10 Å². The maximum Gasteiger partial charge on any atom is 0.289 e. The molecule has 4 aromatic heterocycles. The Morgan fingerprint density at radius 1 is 1.04 bits per heavy atom. The van der Waals surface area contributed by atoms with Crippen molar-refractivity contribution in [2.24, 2.45) is 0 Å². The third-order valence-corrected chi connectivity index (χ3v) is 5.24. The molecule has 7 nitrogen and oxygen atoms in total. The molecule has 0 aliphatic carbocycles. The maximum absolute atomic E-state index is 12.4. The Hall–Kier alpha value is -3.48. The van der Waals surface area contributed by atoms with E-state index in [1.165, 1.54) is 6.26 Å². The highest BCUT2D eigenvalue weighted by Crippen LogP contribution is 2.27. The van der Waals surface area contributed by atoms with Crippen molar-refractivity contribution < 1.29 is 9.21 Å². The van der Waals surface area contributed by atoms with E-state index < -0.39 is 0 Å². The molecule has 0 saturated carbocycles. The van der Waals surface area contributed by atoms with Crippen molar-refractivity contribution in [1.29, 1.82) is 0 Å². The van der Waals surface area contributed by atoms with Crippen LogP contribution in [-0.4, -0.2) is 43.5 Å². The standard InChI is InChI=1S/C21H19N5O2/c27-21(18-2-1-13-28-18)25-11-7-16(8-12-25)20-23-19-4-3-17(14-26(19)24-20)15-5-9-22-10-6-15/h1-6,9-10,13-14,16H,7-8,11-12H2. The average Bonchev–Trinajstić information content (AvgIpc) is 3.43. The van der Waals surface area contributed by atoms with Crippen molar-refractivity contribution in [2.45, 2.75) is 18.8 Å². The Morgan fingerprint density at radius 2 is 1.86 bits per heavy atom. The molecule has 1 fully saturated rings. The van der Waals surface area contributed by atoms with Crippen LogP contribution in [-0.2, 0) is 0 Å². The molecule has 28 heavy (non-hydrogen) atoms. The Balaban J connectivity index is 1.32. The number of pyridine rings is 2. The van der Waals surface area contributed by atoms with Crippen LogP contribution >= 0.6 is 0 Å². The number of fused-ring (bicyclic) bond motifs is 1. The summed E-state index contributed by atoms with van der Waals surface area (Å²) < 4.78 is 7.06. The minimum Gasteiger partial charge on any atom is -0.459 e. The highest BCUT2D eigenvalue weighted by Gasteiger charge is 2.28. The predicted molar refractivity (Wildman–Crippen MR) is 103 cm³/mol. The smallest absolute Gasteiger partial charge is 0.289 e. The van der Waals surface area contributed by atoms with E-state index in [4.69, 9.17) is 14.5 Å². The Kier molecular flexibility index (Phi) is 4.12. The first-order valence-corrected chi connectivity index (χ1v) is 9.37. The van der Waals surface area contributed by atoms with Crippen molar-refractivity contribution in [3.63, 3.8) is 0 Å². The molecule has 0 aromatic carbocycles. The minimum atomic E-state index is -0.0478. The van der Waals surface area contributed by atoms with E-state index in [0.29, 0.717) is 18.8 Å². The predicted octanol–water partition coefficient (Wildman–Crippen LogP) is 3.40. The molecule has 140 valence electrons. The normalized spacial score (nSPS) is 15.2. The first-order valence-electron chi connectivity index (χ1n) is 9.37. The Labute approximate surface area is 161 Å². The van der Waals surface area contributed by atoms with Crippen molar-refractivity contribution in [3.8, 4) is 11.1 Å². The Bertz CT molecular complexity index is 1100. The van der Waals surface area contributed by atoms with E-state index in [0.717, 1.165) is 35.4 Å². The summed E-state index contributed by atoms with van der Waals surface area (Å²) in [6.45, 7) is 1.37. The van der Waals surface area contributed by atoms with Gasteiger partial charge in [-0.25, -0.2) is 9.50 Å². The van der Waals surface area contributed by atoms with E-state index in [9.17, 15) is 4.79 Å². The lowest BCUT2D eigenvalue weighted by Gasteiger charge is -2.30. The van der Waals surface area contributed by atoms with Gasteiger partial charge in [-0.05, 0) is 54.8 Å². The van der Waals surface area contributed by atoms with Crippen molar-refractivity contribution >= 4 is 11.6 Å². The number of hydrogen-bond donors (Lipinski definition) is 0. The molecular weight excluding hydrogens is 354 g/mol. The van der Waals surface area contributed by atoms with Gasteiger partial charge in [0.05, 0.1) is 6.26 Å². The van der Waals surface area contributed by atoms with Crippen molar-refractivity contribution in [1.82, 2.24) is 24.5 Å². The van der Waals surface area contributed by atoms with Gasteiger partial charge < -0.3 is 9.32 Å². The fraction of sp³-hybridized carbons (Fsp3) is 0.238. The summed E-state index contributed by atoms with van der Waals surface area (Å²) in [5.41, 5.74) is 3.01. The van der Waals surface area contributed by atoms with Gasteiger partial charge in [-0.3, -0.25) is 9.78 Å². The average molecular weight is 373 g/mol. The topological polar surface area (TPSA) is 76.5 Å². The highest BCUT2D eigenvalue weighted by atomic mass is 16.3. The van der Waals surface area contributed by atoms with Crippen LogP contribution in [0.5, 0.6) is 0 Å². The zero-order valence-corrected chi connectivity index (χ0v) is 15.2. The number of rotatable bonds is 3. The van der Waals surface area contributed by atoms with Gasteiger partial charge in [0.25, 0.3) is 5.91 Å². The summed E-state index contributed by atoms with van der Waals surface area (Å²) in [7, 11) is 0. The summed E-state index contributed by atoms with van der Waals surface area (Å²) in [5.74, 6) is 1.45. The molecule has 4 aromatic rings. The number of carbonyl (C=O) groups is 1. The second-order valence-corrected chi connectivity index (χ2v) is 6.97. The molecule has 0 radical (unpaired) electrons. The lowest BCUT2D eigenvalue weighted by atomic mass is 9.96. The highest BCUT2D eigenvalue weighted by molar-refractivity contribution is 5.91. The zero-order valence-electron chi connectivity index (χ0n) is 15.2. The molecule has 1 amide bonds. The number of nitrogens with zero attached hydrogens (tertiary/aromatic N) is 5. The van der Waals surface area contributed by atoms with E-state index in [2.05, 4.69) is 4.98 Å². The van der Waals surface area contributed by atoms with Crippen molar-refractivity contribution in [3.05, 3.63) is 72.8 Å². The second kappa shape index (κ2) is 6.92. The summed E-state index contributed by atoms with van der Waals surface area (Å²) in [4.78, 5) is 23.0. The van der Waals surface area contributed by atoms with Gasteiger partial charge >= 0.3 is 0 Å². The van der Waals surface area contributed by atoms with Crippen LogP contribution in [0.1, 0.15) is 35.1 Å². The number of piperidine rings is 1. The maximum atomic E-state index is 12.4. The first-order chi connectivity index (χ1) is 13.8. The zero-order chi connectivity index (χ0) is 18.9. The summed E-state index contributed by atoms with van der Waals surface area (Å²) >= 11 is 0. The third-order valence-electron chi connectivity index (χ3n) is 5.24. The molecule has 5 rings (SSSR count). The number of likely N-dealkylation sites (tertiary alicyclic amines) is 1. The number of hydrogen-bond acceptors (Lipinski definition) is 5. The lowest BCUT2D eigenvalue weighted by molar-refractivity contribution is 0.0679. The van der Waals surface area contributed by atoms with Crippen LogP contribution in [0.2, 0.25) is 0 Å². The van der Waals surface area contributed by atoms with Crippen LogP contribution in [0.25, 0.3) is 16.8 Å². The van der Waals surface area contributed by atoms with Crippen LogP contribution in [0, 0.1) is 0 Å². The van der Waals surface area contributed by atoms with Gasteiger partial charge in [-0.1, -0.05) is 0 Å². The fourth-order valence-electron chi connectivity index (χ4n) is 3.69. The van der Waals surface area contributed by atoms with Gasteiger partial charge in [0.1, 0.15) is 0 Å². The van der Waals surface area contributed by atoms with E-state index in [1.54, 1.807) is 24.5 Å². The van der Waals surface area contributed by atoms with Gasteiger partial charge in [-0.15, -0.1) is 0 Å². The largest absolute Gasteiger partial charge is 0.459 e. The van der Waals surface area contributed by atoms with E-state index in [-0.39, 0.29) is 11.8 Å².